The number of hydrogen-bond acceptors (Lipinski definition) is 4. The van der Waals surface area contributed by atoms with Crippen LogP contribution in [0, 0.1) is 0 Å². The molecule has 0 amide bonds. The number of hydrogen-bond donors (Lipinski definition) is 2. The number of nitrogens with zero attached hydrogens (tertiary/aromatic N) is 1. The number of ether oxygens (including phenoxy) is 1. The second-order valence-corrected chi connectivity index (χ2v) is 3.91. The first kappa shape index (κ1) is 12.8. The van der Waals surface area contributed by atoms with E-state index < -0.39 is 11.5 Å². The van der Waals surface area contributed by atoms with Gasteiger partial charge in [0.05, 0.1) is 7.11 Å². The fraction of sp³-hybridized carbons (Fsp3) is 0.154. The zero-order chi connectivity index (χ0) is 13.8. The molecule has 1 aromatic heterocycles. The number of rotatable bonds is 4. The van der Waals surface area contributed by atoms with Crippen LogP contribution >= 0.6 is 0 Å². The van der Waals surface area contributed by atoms with Gasteiger partial charge in [-0.05, 0) is 17.7 Å². The summed E-state index contributed by atoms with van der Waals surface area (Å²) in [5.41, 5.74) is -0.111. The van der Waals surface area contributed by atoms with Crippen LogP contribution in [0.25, 0.3) is 0 Å². The molecular weight excluding hydrogens is 248 g/mol. The smallest absolute Gasteiger partial charge is 0.342 e. The van der Waals surface area contributed by atoms with E-state index in [2.05, 4.69) is 9.97 Å². The second-order valence-electron chi connectivity index (χ2n) is 3.91. The highest BCUT2D eigenvalue weighted by molar-refractivity contribution is 5.86. The first-order valence-corrected chi connectivity index (χ1v) is 5.54. The molecule has 0 radical (unpaired) electrons. The molecule has 1 aromatic carbocycles. The predicted octanol–water partition coefficient (Wildman–Crippen LogP) is 1.07. The van der Waals surface area contributed by atoms with Crippen LogP contribution in [0.15, 0.2) is 35.3 Å². The number of methoxy groups -OCH3 is 1. The Balaban J connectivity index is 2.26. The summed E-state index contributed by atoms with van der Waals surface area (Å²) in [6, 6.07) is 7.34. The summed E-state index contributed by atoms with van der Waals surface area (Å²) < 4.78 is 5.10. The topological polar surface area (TPSA) is 92.3 Å². The van der Waals surface area contributed by atoms with Crippen molar-refractivity contribution >= 4 is 5.97 Å². The van der Waals surface area contributed by atoms with E-state index in [-0.39, 0.29) is 5.56 Å². The first-order chi connectivity index (χ1) is 9.10. The zero-order valence-electron chi connectivity index (χ0n) is 10.2. The van der Waals surface area contributed by atoms with Crippen LogP contribution in [0.3, 0.4) is 0 Å². The lowest BCUT2D eigenvalue weighted by molar-refractivity contribution is 0.0694. The van der Waals surface area contributed by atoms with Gasteiger partial charge in [-0.25, -0.2) is 9.78 Å². The summed E-state index contributed by atoms with van der Waals surface area (Å²) in [4.78, 5) is 28.6. The summed E-state index contributed by atoms with van der Waals surface area (Å²) in [5, 5.41) is 8.74. The maximum absolute atomic E-state index is 11.5. The number of carboxylic acids is 1. The van der Waals surface area contributed by atoms with Gasteiger partial charge in [0.25, 0.3) is 5.56 Å². The van der Waals surface area contributed by atoms with Gasteiger partial charge in [0.1, 0.15) is 17.1 Å². The van der Waals surface area contributed by atoms with Crippen molar-refractivity contribution in [2.24, 2.45) is 0 Å². The lowest BCUT2D eigenvalue weighted by Gasteiger charge is -2.04. The number of aromatic carboxylic acids is 1. The fourth-order valence-corrected chi connectivity index (χ4v) is 1.65. The highest BCUT2D eigenvalue weighted by atomic mass is 16.5. The number of carbonyl (C=O) groups is 1. The minimum atomic E-state index is -1.29. The summed E-state index contributed by atoms with van der Waals surface area (Å²) in [6.45, 7) is 0. The molecular formula is C13H12N2O4. The van der Waals surface area contributed by atoms with Gasteiger partial charge in [-0.15, -0.1) is 0 Å². The maximum Gasteiger partial charge on any atom is 0.342 e. The normalized spacial score (nSPS) is 10.2. The third-order valence-corrected chi connectivity index (χ3v) is 2.59. The van der Waals surface area contributed by atoms with Crippen molar-refractivity contribution in [2.45, 2.75) is 6.42 Å². The highest BCUT2D eigenvalue weighted by Crippen LogP contribution is 2.14. The molecule has 0 unspecified atom stereocenters. The fourth-order valence-electron chi connectivity index (χ4n) is 1.65. The zero-order valence-corrected chi connectivity index (χ0v) is 10.2. The van der Waals surface area contributed by atoms with Gasteiger partial charge in [0.15, 0.2) is 0 Å². The number of aromatic amines is 1. The molecule has 2 aromatic rings. The van der Waals surface area contributed by atoms with Crippen molar-refractivity contribution in [3.8, 4) is 5.75 Å². The molecule has 0 bridgehead atoms. The average molecular weight is 260 g/mol. The van der Waals surface area contributed by atoms with Gasteiger partial charge < -0.3 is 14.8 Å². The lowest BCUT2D eigenvalue weighted by atomic mass is 10.1. The van der Waals surface area contributed by atoms with Crippen molar-refractivity contribution in [3.05, 3.63) is 57.8 Å². The molecule has 0 fully saturated rings. The number of aromatic nitrogens is 2. The number of benzene rings is 1. The third kappa shape index (κ3) is 2.98. The summed E-state index contributed by atoms with van der Waals surface area (Å²) in [7, 11) is 1.57. The molecule has 0 aliphatic rings. The Morgan fingerprint density at radius 1 is 1.47 bits per heavy atom. The predicted molar refractivity (Wildman–Crippen MR) is 67.6 cm³/mol. The van der Waals surface area contributed by atoms with E-state index in [9.17, 15) is 9.59 Å². The Labute approximate surface area is 108 Å². The van der Waals surface area contributed by atoms with E-state index in [4.69, 9.17) is 9.84 Å². The maximum atomic E-state index is 11.5. The van der Waals surface area contributed by atoms with Crippen LogP contribution in [0.5, 0.6) is 5.75 Å². The molecule has 0 aliphatic carbocycles. The van der Waals surface area contributed by atoms with E-state index >= 15 is 0 Å². The van der Waals surface area contributed by atoms with Gasteiger partial charge in [-0.2, -0.15) is 0 Å². The molecule has 0 spiro atoms. The minimum absolute atomic E-state index is 0.366. The number of nitrogens with one attached hydrogen (secondary N) is 1. The Bertz CT molecular complexity index is 664. The van der Waals surface area contributed by atoms with E-state index in [1.165, 1.54) is 0 Å². The Morgan fingerprint density at radius 3 is 2.89 bits per heavy atom. The molecule has 6 heteroatoms. The SMILES string of the molecule is COc1cccc(Cc2ncc(C(=O)O)c(=O)[nH]2)c1. The van der Waals surface area contributed by atoms with Crippen molar-refractivity contribution in [3.63, 3.8) is 0 Å². The van der Waals surface area contributed by atoms with Gasteiger partial charge in [0, 0.05) is 12.6 Å². The lowest BCUT2D eigenvalue weighted by Crippen LogP contribution is -2.20. The Morgan fingerprint density at radius 2 is 2.26 bits per heavy atom. The third-order valence-electron chi connectivity index (χ3n) is 2.59. The van der Waals surface area contributed by atoms with Gasteiger partial charge in [0.2, 0.25) is 0 Å². The molecule has 19 heavy (non-hydrogen) atoms. The largest absolute Gasteiger partial charge is 0.497 e. The van der Waals surface area contributed by atoms with E-state index in [0.717, 1.165) is 11.8 Å². The molecule has 0 saturated carbocycles. The van der Waals surface area contributed by atoms with Crippen LogP contribution < -0.4 is 10.3 Å². The molecule has 98 valence electrons. The second kappa shape index (κ2) is 5.34. The van der Waals surface area contributed by atoms with Crippen molar-refractivity contribution in [2.75, 3.05) is 7.11 Å². The molecule has 2 N–H and O–H groups in total. The Kier molecular flexibility index (Phi) is 3.61. The molecule has 2 rings (SSSR count). The van der Waals surface area contributed by atoms with Crippen molar-refractivity contribution in [1.82, 2.24) is 9.97 Å². The number of carboxylic acid groups (broad SMARTS) is 1. The van der Waals surface area contributed by atoms with Gasteiger partial charge >= 0.3 is 5.97 Å². The van der Waals surface area contributed by atoms with Crippen LogP contribution in [-0.2, 0) is 6.42 Å². The summed E-state index contributed by atoms with van der Waals surface area (Å²) >= 11 is 0. The minimum Gasteiger partial charge on any atom is -0.497 e. The van der Waals surface area contributed by atoms with Crippen LogP contribution in [0.2, 0.25) is 0 Å². The summed E-state index contributed by atoms with van der Waals surface area (Å²) in [5.74, 6) is -0.174. The molecule has 0 saturated heterocycles. The quantitative estimate of drug-likeness (QED) is 0.857. The Hall–Kier alpha value is -2.63. The first-order valence-electron chi connectivity index (χ1n) is 5.54. The number of H-pyrrole nitrogens is 1. The highest BCUT2D eigenvalue weighted by Gasteiger charge is 2.10. The van der Waals surface area contributed by atoms with Crippen LogP contribution in [0.4, 0.5) is 0 Å². The van der Waals surface area contributed by atoms with Crippen molar-refractivity contribution in [1.29, 1.82) is 0 Å². The monoisotopic (exact) mass is 260 g/mol. The summed E-state index contributed by atoms with van der Waals surface area (Å²) in [6.07, 6.45) is 1.46. The van der Waals surface area contributed by atoms with Crippen molar-refractivity contribution < 1.29 is 14.6 Å². The average Bonchev–Trinajstić information content (AvgIpc) is 2.38. The van der Waals surface area contributed by atoms with Crippen LogP contribution in [-0.4, -0.2) is 28.2 Å². The van der Waals surface area contributed by atoms with E-state index in [1.54, 1.807) is 7.11 Å². The standard InChI is InChI=1S/C13H12N2O4/c1-19-9-4-2-3-8(5-9)6-11-14-7-10(13(17)18)12(16)15-11/h2-5,7H,6H2,1H3,(H,17,18)(H,14,15,16). The molecule has 0 aliphatic heterocycles. The van der Waals surface area contributed by atoms with E-state index in [1.807, 2.05) is 24.3 Å². The molecule has 6 nitrogen and oxygen atoms in total. The van der Waals surface area contributed by atoms with Gasteiger partial charge in [-0.1, -0.05) is 12.1 Å². The molecule has 0 atom stereocenters. The van der Waals surface area contributed by atoms with Crippen LogP contribution in [0.1, 0.15) is 21.7 Å². The molecule has 1 heterocycles. The van der Waals surface area contributed by atoms with Gasteiger partial charge in [-0.3, -0.25) is 4.79 Å². The van der Waals surface area contributed by atoms with E-state index in [0.29, 0.717) is 18.0 Å².